The van der Waals surface area contributed by atoms with Crippen LogP contribution in [0.15, 0.2) is 60.8 Å². The number of likely N-dealkylation sites (tertiary alicyclic amines) is 1. The van der Waals surface area contributed by atoms with E-state index in [1.807, 2.05) is 0 Å². The number of urea groups is 1. The molecule has 1 aromatic heterocycles. The Morgan fingerprint density at radius 3 is 2.00 bits per heavy atom. The van der Waals surface area contributed by atoms with Crippen LogP contribution in [0.5, 0.6) is 0 Å². The number of carbonyl (C=O) groups excluding carboxylic acids is 3. The number of aryl methyl sites for hydroxylation is 1. The first-order valence-corrected chi connectivity index (χ1v) is 16.0. The van der Waals surface area contributed by atoms with Crippen LogP contribution in [0.1, 0.15) is 64.3 Å². The van der Waals surface area contributed by atoms with Crippen LogP contribution in [0.3, 0.4) is 0 Å². The van der Waals surface area contributed by atoms with Crippen molar-refractivity contribution in [2.45, 2.75) is 63.0 Å². The Bertz CT molecular complexity index is 1690. The molecule has 0 unspecified atom stereocenters. The van der Waals surface area contributed by atoms with Crippen LogP contribution in [0.25, 0.3) is 0 Å². The maximum absolute atomic E-state index is 13.8. The second-order valence-corrected chi connectivity index (χ2v) is 12.9. The number of pyridine rings is 1. The summed E-state index contributed by atoms with van der Waals surface area (Å²) in [7, 11) is 2.44. The van der Waals surface area contributed by atoms with Crippen LogP contribution >= 0.6 is 0 Å². The van der Waals surface area contributed by atoms with Crippen molar-refractivity contribution < 1.29 is 45.1 Å². The Balaban J connectivity index is 1.31. The minimum Gasteiger partial charge on any atom is -0.349 e. The first kappa shape index (κ1) is 36.6. The van der Waals surface area contributed by atoms with Gasteiger partial charge in [0, 0.05) is 68.2 Å². The van der Waals surface area contributed by atoms with Crippen LogP contribution in [-0.2, 0) is 17.1 Å². The van der Waals surface area contributed by atoms with Crippen molar-refractivity contribution >= 4 is 23.5 Å². The third kappa shape index (κ3) is 8.19. The van der Waals surface area contributed by atoms with Crippen molar-refractivity contribution in [3.63, 3.8) is 0 Å². The molecule has 3 aromatic rings. The molecule has 0 spiro atoms. The van der Waals surface area contributed by atoms with E-state index in [1.54, 1.807) is 30.2 Å². The van der Waals surface area contributed by atoms with Gasteiger partial charge < -0.3 is 15.1 Å². The summed E-state index contributed by atoms with van der Waals surface area (Å²) in [5, 5.41) is 3.01. The largest absolute Gasteiger partial charge is 0.416 e. The first-order valence-electron chi connectivity index (χ1n) is 16.0. The van der Waals surface area contributed by atoms with Gasteiger partial charge >= 0.3 is 18.4 Å². The van der Waals surface area contributed by atoms with E-state index in [2.05, 4.69) is 10.3 Å². The predicted octanol–water partition coefficient (Wildman–Crippen LogP) is 7.04. The van der Waals surface area contributed by atoms with Crippen molar-refractivity contribution in [2.24, 2.45) is 5.92 Å². The Labute approximate surface area is 284 Å². The van der Waals surface area contributed by atoms with E-state index in [4.69, 9.17) is 0 Å². The van der Waals surface area contributed by atoms with Gasteiger partial charge in [-0.1, -0.05) is 12.1 Å². The number of aromatic nitrogens is 1. The van der Waals surface area contributed by atoms with Gasteiger partial charge in [-0.05, 0) is 80.6 Å². The van der Waals surface area contributed by atoms with Gasteiger partial charge in [0.15, 0.2) is 0 Å². The third-order valence-electron chi connectivity index (χ3n) is 9.52. The fraction of sp³-hybridized carbons (Fsp3) is 0.429. The van der Waals surface area contributed by atoms with Crippen LogP contribution in [-0.4, -0.2) is 71.9 Å². The molecule has 2 aromatic carbocycles. The number of hydrogen-bond acceptors (Lipinski definition) is 4. The molecule has 50 heavy (non-hydrogen) atoms. The second kappa shape index (κ2) is 14.3. The van der Waals surface area contributed by atoms with E-state index in [9.17, 15) is 45.1 Å². The number of likely N-dealkylation sites (N-methyl/N-ethyl adjacent to an activating group) is 1. The Morgan fingerprint density at radius 1 is 0.840 bits per heavy atom. The fourth-order valence-corrected chi connectivity index (χ4v) is 6.72. The predicted molar refractivity (Wildman–Crippen MR) is 170 cm³/mol. The molecule has 1 N–H and O–H groups in total. The molecular weight excluding hydrogens is 671 g/mol. The molecule has 2 atom stereocenters. The lowest BCUT2D eigenvalue weighted by Crippen LogP contribution is -2.48. The second-order valence-electron chi connectivity index (χ2n) is 12.9. The van der Waals surface area contributed by atoms with Gasteiger partial charge in [0.1, 0.15) is 5.82 Å². The summed E-state index contributed by atoms with van der Waals surface area (Å²) in [6.07, 6.45) is -6.53. The number of rotatable bonds is 6. The van der Waals surface area contributed by atoms with E-state index in [0.29, 0.717) is 59.5 Å². The summed E-state index contributed by atoms with van der Waals surface area (Å²) in [4.78, 5) is 47.8. The van der Waals surface area contributed by atoms with Gasteiger partial charge in [0.05, 0.1) is 17.2 Å². The van der Waals surface area contributed by atoms with Crippen molar-refractivity contribution in [3.05, 3.63) is 94.6 Å². The van der Waals surface area contributed by atoms with Gasteiger partial charge in [-0.3, -0.25) is 19.5 Å². The molecule has 1 aliphatic carbocycles. The average Bonchev–Trinajstić information content (AvgIpc) is 3.52. The summed E-state index contributed by atoms with van der Waals surface area (Å²) >= 11 is 0. The molecule has 1 saturated carbocycles. The van der Waals surface area contributed by atoms with Gasteiger partial charge in [-0.15, -0.1) is 0 Å². The highest BCUT2D eigenvalue weighted by Gasteiger charge is 2.43. The highest BCUT2D eigenvalue weighted by atomic mass is 19.4. The molecule has 2 fully saturated rings. The number of alkyl halides is 6. The van der Waals surface area contributed by atoms with Crippen molar-refractivity contribution in [2.75, 3.05) is 32.1 Å². The lowest BCUT2D eigenvalue weighted by Gasteiger charge is -2.33. The van der Waals surface area contributed by atoms with Gasteiger partial charge in [-0.25, -0.2) is 9.18 Å². The lowest BCUT2D eigenvalue weighted by molar-refractivity contribution is -0.143. The van der Waals surface area contributed by atoms with E-state index in [-0.39, 0.29) is 42.9 Å². The SMILES string of the molecule is Cc1cc(C(=O)NC2CCC(C(=O)N3C[C@@H](N(C)C(=O)N(C)c4cc(C(F)(F)F)cc(C(F)(F)F)c4)[C@H](c4ccc(F)cc4)C3)CC2)ccn1. The number of carbonyl (C=O) groups is 3. The van der Waals surface area contributed by atoms with E-state index in [0.717, 1.165) is 7.05 Å². The van der Waals surface area contributed by atoms with Gasteiger partial charge in [0.25, 0.3) is 5.91 Å². The number of benzene rings is 2. The Morgan fingerprint density at radius 2 is 1.44 bits per heavy atom. The van der Waals surface area contributed by atoms with Gasteiger partial charge in [-0.2, -0.15) is 26.3 Å². The summed E-state index contributed by atoms with van der Waals surface area (Å²) in [6, 6.07) is 7.96. The highest BCUT2D eigenvalue weighted by Crippen LogP contribution is 2.39. The molecule has 5 rings (SSSR count). The molecule has 1 aliphatic heterocycles. The van der Waals surface area contributed by atoms with E-state index >= 15 is 0 Å². The number of amides is 4. The zero-order valence-corrected chi connectivity index (χ0v) is 27.5. The zero-order valence-electron chi connectivity index (χ0n) is 27.5. The molecule has 8 nitrogen and oxygen atoms in total. The third-order valence-corrected chi connectivity index (χ3v) is 9.52. The summed E-state index contributed by atoms with van der Waals surface area (Å²) < 4.78 is 95.1. The maximum atomic E-state index is 13.8. The average molecular weight is 708 g/mol. The normalized spacial score (nSPS) is 21.1. The first-order chi connectivity index (χ1) is 23.4. The van der Waals surface area contributed by atoms with E-state index < -0.39 is 53.0 Å². The van der Waals surface area contributed by atoms with Crippen LogP contribution in [0, 0.1) is 18.7 Å². The number of nitrogens with one attached hydrogen (secondary N) is 1. The topological polar surface area (TPSA) is 85.8 Å². The lowest BCUT2D eigenvalue weighted by atomic mass is 9.85. The smallest absolute Gasteiger partial charge is 0.349 e. The molecule has 4 amide bonds. The summed E-state index contributed by atoms with van der Waals surface area (Å²) in [5.74, 6) is -1.81. The Hall–Kier alpha value is -4.69. The monoisotopic (exact) mass is 707 g/mol. The molecular formula is C35H36F7N5O3. The standard InChI is InChI=1S/C35H36F7N5O3/c1-20-14-23(12-13-43-20)31(48)44-27-10-6-22(7-11-27)32(49)47-18-29(21-4-8-26(36)9-5-21)30(19-47)46(3)33(50)45(2)28-16-24(34(37,38)39)15-25(17-28)35(40,41)42/h4-5,8-9,12-17,22,27,29-30H,6-7,10-11,18-19H2,1-3H3,(H,44,48)/t22?,27?,29-,30+/m0/s1. The molecule has 2 aliphatic rings. The maximum Gasteiger partial charge on any atom is 0.416 e. The summed E-state index contributed by atoms with van der Waals surface area (Å²) in [6.45, 7) is 1.97. The number of anilines is 1. The number of hydrogen-bond donors (Lipinski definition) is 1. The molecule has 0 bridgehead atoms. The number of halogens is 7. The molecule has 1 saturated heterocycles. The highest BCUT2D eigenvalue weighted by molar-refractivity contribution is 5.94. The molecule has 2 heterocycles. The van der Waals surface area contributed by atoms with Gasteiger partial charge in [0.2, 0.25) is 5.91 Å². The molecule has 0 radical (unpaired) electrons. The van der Waals surface area contributed by atoms with Crippen LogP contribution < -0.4 is 10.2 Å². The van der Waals surface area contributed by atoms with E-state index in [1.165, 1.54) is 36.2 Å². The van der Waals surface area contributed by atoms with Crippen molar-refractivity contribution in [1.82, 2.24) is 20.1 Å². The minimum atomic E-state index is -5.10. The Kier molecular flexibility index (Phi) is 10.4. The fourth-order valence-electron chi connectivity index (χ4n) is 6.72. The van der Waals surface area contributed by atoms with Crippen LogP contribution in [0.2, 0.25) is 0 Å². The van der Waals surface area contributed by atoms with Crippen molar-refractivity contribution in [1.29, 1.82) is 0 Å². The molecule has 268 valence electrons. The van der Waals surface area contributed by atoms with Crippen molar-refractivity contribution in [3.8, 4) is 0 Å². The summed E-state index contributed by atoms with van der Waals surface area (Å²) in [5.41, 5.74) is -1.94. The minimum absolute atomic E-state index is 0.0141. The zero-order chi connectivity index (χ0) is 36.5. The number of nitrogens with zero attached hydrogens (tertiary/aromatic N) is 4. The van der Waals surface area contributed by atoms with Crippen LogP contribution in [0.4, 0.5) is 41.2 Å². The molecule has 15 heteroatoms. The quantitative estimate of drug-likeness (QED) is 0.279.